The van der Waals surface area contributed by atoms with Crippen molar-refractivity contribution in [2.75, 3.05) is 0 Å². The van der Waals surface area contributed by atoms with E-state index in [4.69, 9.17) is 4.42 Å². The zero-order valence-corrected chi connectivity index (χ0v) is 21.8. The summed E-state index contributed by atoms with van der Waals surface area (Å²) in [4.78, 5) is 17.8. The maximum atomic E-state index is 13.3. The largest absolute Gasteiger partial charge is 0.456 e. The van der Waals surface area contributed by atoms with E-state index in [0.717, 1.165) is 49.6 Å². The molecule has 0 spiro atoms. The van der Waals surface area contributed by atoms with E-state index in [-0.39, 0.29) is 5.43 Å². The van der Waals surface area contributed by atoms with Gasteiger partial charge < -0.3 is 13.6 Å². The van der Waals surface area contributed by atoms with E-state index in [1.54, 1.807) is 0 Å². The van der Waals surface area contributed by atoms with Gasteiger partial charge in [0.05, 0.1) is 39.0 Å². The van der Waals surface area contributed by atoms with E-state index in [0.29, 0.717) is 21.9 Å². The fraction of sp³-hybridized carbons (Fsp3) is 0. The fourth-order valence-corrected chi connectivity index (χ4v) is 6.46. The van der Waals surface area contributed by atoms with Gasteiger partial charge in [0.1, 0.15) is 11.2 Å². The van der Waals surface area contributed by atoms with Crippen molar-refractivity contribution in [1.29, 1.82) is 0 Å². The lowest BCUT2D eigenvalue weighted by Crippen LogP contribution is -2.03. The van der Waals surface area contributed by atoms with Crippen molar-refractivity contribution in [3.05, 3.63) is 138 Å². The number of nitrogens with zero attached hydrogens (tertiary/aromatic N) is 3. The Bertz CT molecular complexity index is 2550. The van der Waals surface area contributed by atoms with Gasteiger partial charge in [0.2, 0.25) is 5.43 Å². The number of benzene rings is 5. The minimum absolute atomic E-state index is 0.0172. The molecule has 0 aliphatic rings. The molecule has 0 radical (unpaired) electrons. The Kier molecular flexibility index (Phi) is 4.41. The molecule has 4 heterocycles. The van der Waals surface area contributed by atoms with Crippen LogP contribution in [0.1, 0.15) is 0 Å². The van der Waals surface area contributed by atoms with E-state index < -0.39 is 0 Å². The molecule has 5 heteroatoms. The smallest absolute Gasteiger partial charge is 0.200 e. The maximum Gasteiger partial charge on any atom is 0.200 e. The summed E-state index contributed by atoms with van der Waals surface area (Å²) < 4.78 is 10.9. The molecular weight excluding hydrogens is 506 g/mol. The van der Waals surface area contributed by atoms with Crippen LogP contribution >= 0.6 is 0 Å². The molecule has 41 heavy (non-hydrogen) atoms. The molecule has 0 aliphatic carbocycles. The lowest BCUT2D eigenvalue weighted by Gasteiger charge is -2.11. The molecule has 192 valence electrons. The molecule has 0 saturated carbocycles. The van der Waals surface area contributed by atoms with Crippen molar-refractivity contribution in [2.24, 2.45) is 0 Å². The minimum atomic E-state index is -0.0172. The highest BCUT2D eigenvalue weighted by molar-refractivity contribution is 6.26. The lowest BCUT2D eigenvalue weighted by molar-refractivity contribution is 0.659. The molecule has 0 saturated heterocycles. The van der Waals surface area contributed by atoms with Crippen molar-refractivity contribution < 1.29 is 4.42 Å². The average Bonchev–Trinajstić information content (AvgIpc) is 3.54. The molecule has 0 N–H and O–H groups in total. The molecular formula is C36H21N3O2. The van der Waals surface area contributed by atoms with Crippen LogP contribution in [0.2, 0.25) is 0 Å². The second-order valence-corrected chi connectivity index (χ2v) is 10.4. The minimum Gasteiger partial charge on any atom is -0.456 e. The number of hydrogen-bond acceptors (Lipinski definition) is 3. The maximum absolute atomic E-state index is 13.3. The molecule has 0 amide bonds. The third-order valence-electron chi connectivity index (χ3n) is 8.20. The Balaban J connectivity index is 1.47. The molecule has 0 unspecified atom stereocenters. The zero-order chi connectivity index (χ0) is 27.1. The first kappa shape index (κ1) is 22.2. The van der Waals surface area contributed by atoms with Crippen LogP contribution in [0.3, 0.4) is 0 Å². The van der Waals surface area contributed by atoms with Gasteiger partial charge in [0.25, 0.3) is 0 Å². The monoisotopic (exact) mass is 527 g/mol. The van der Waals surface area contributed by atoms with Crippen molar-refractivity contribution in [3.8, 4) is 11.4 Å². The predicted octanol–water partition coefficient (Wildman–Crippen LogP) is 8.54. The average molecular weight is 528 g/mol. The molecule has 9 aromatic rings. The first-order chi connectivity index (χ1) is 20.3. The van der Waals surface area contributed by atoms with Crippen molar-refractivity contribution in [2.45, 2.75) is 0 Å². The number of para-hydroxylation sites is 3. The van der Waals surface area contributed by atoms with E-state index in [1.807, 2.05) is 60.9 Å². The van der Waals surface area contributed by atoms with Gasteiger partial charge in [-0.05, 0) is 54.6 Å². The van der Waals surface area contributed by atoms with Crippen LogP contribution in [0.5, 0.6) is 0 Å². The molecule has 4 aromatic heterocycles. The Morgan fingerprint density at radius 3 is 2.20 bits per heavy atom. The number of rotatable bonds is 2. The number of hydrogen-bond donors (Lipinski definition) is 0. The topological polar surface area (TPSA) is 53.0 Å². The van der Waals surface area contributed by atoms with Gasteiger partial charge in [-0.25, -0.2) is 0 Å². The van der Waals surface area contributed by atoms with Crippen LogP contribution in [0.25, 0.3) is 76.9 Å². The van der Waals surface area contributed by atoms with Crippen molar-refractivity contribution in [1.82, 2.24) is 14.1 Å². The zero-order valence-electron chi connectivity index (χ0n) is 21.8. The molecule has 0 aliphatic heterocycles. The SMILES string of the molecule is O=c1c2ccccc2oc2cc(-n3c4ccccc4c4ccc5c(c6ccncc6n5-c5ccccc5)c43)ccc12. The van der Waals surface area contributed by atoms with Crippen molar-refractivity contribution in [3.63, 3.8) is 0 Å². The summed E-state index contributed by atoms with van der Waals surface area (Å²) in [5.74, 6) is 0. The quantitative estimate of drug-likeness (QED) is 0.212. The van der Waals surface area contributed by atoms with Crippen LogP contribution in [-0.4, -0.2) is 14.1 Å². The van der Waals surface area contributed by atoms with Crippen LogP contribution < -0.4 is 5.43 Å². The summed E-state index contributed by atoms with van der Waals surface area (Å²) in [7, 11) is 0. The Morgan fingerprint density at radius 1 is 0.537 bits per heavy atom. The first-order valence-corrected chi connectivity index (χ1v) is 13.6. The Morgan fingerprint density at radius 2 is 1.29 bits per heavy atom. The Labute approximate surface area is 233 Å². The summed E-state index contributed by atoms with van der Waals surface area (Å²) >= 11 is 0. The van der Waals surface area contributed by atoms with E-state index in [9.17, 15) is 4.79 Å². The van der Waals surface area contributed by atoms with Gasteiger partial charge in [0.15, 0.2) is 0 Å². The van der Waals surface area contributed by atoms with Crippen LogP contribution in [0, 0.1) is 0 Å². The van der Waals surface area contributed by atoms with Gasteiger partial charge in [-0.3, -0.25) is 9.78 Å². The van der Waals surface area contributed by atoms with E-state index in [2.05, 4.69) is 80.8 Å². The highest BCUT2D eigenvalue weighted by Gasteiger charge is 2.21. The van der Waals surface area contributed by atoms with Crippen LogP contribution in [0.15, 0.2) is 137 Å². The van der Waals surface area contributed by atoms with Crippen LogP contribution in [0.4, 0.5) is 0 Å². The van der Waals surface area contributed by atoms with Gasteiger partial charge in [-0.1, -0.05) is 54.6 Å². The third kappa shape index (κ3) is 3.00. The van der Waals surface area contributed by atoms with Crippen molar-refractivity contribution >= 4 is 65.6 Å². The standard InChI is InChI=1S/C36H21N3O2/c40-36-27-11-5-7-13-32(27)41-33-20-23(14-15-28(33)36)39-29-12-6-4-10-24(29)25-16-17-30-34(35(25)39)26-18-19-37-21-31(26)38(30)22-8-2-1-3-9-22/h1-21H. The first-order valence-electron chi connectivity index (χ1n) is 13.6. The predicted molar refractivity (Wildman–Crippen MR) is 166 cm³/mol. The number of fused-ring (bicyclic) bond motifs is 9. The number of pyridine rings is 1. The second-order valence-electron chi connectivity index (χ2n) is 10.4. The summed E-state index contributed by atoms with van der Waals surface area (Å²) in [6.45, 7) is 0. The fourth-order valence-electron chi connectivity index (χ4n) is 6.46. The molecule has 5 aromatic carbocycles. The van der Waals surface area contributed by atoms with Gasteiger partial charge in [-0.15, -0.1) is 0 Å². The molecule has 0 atom stereocenters. The Hall–Kier alpha value is -5.68. The highest BCUT2D eigenvalue weighted by atomic mass is 16.3. The normalized spacial score (nSPS) is 12.0. The molecule has 5 nitrogen and oxygen atoms in total. The number of aromatic nitrogens is 3. The summed E-state index contributed by atoms with van der Waals surface area (Å²) in [5, 5.41) is 5.78. The van der Waals surface area contributed by atoms with Crippen LogP contribution in [-0.2, 0) is 0 Å². The molecule has 0 bridgehead atoms. The van der Waals surface area contributed by atoms with Gasteiger partial charge in [0, 0.05) is 45.2 Å². The highest BCUT2D eigenvalue weighted by Crippen LogP contribution is 2.41. The van der Waals surface area contributed by atoms with E-state index in [1.165, 1.54) is 5.39 Å². The summed E-state index contributed by atoms with van der Waals surface area (Å²) in [6, 6.07) is 38.7. The summed E-state index contributed by atoms with van der Waals surface area (Å²) in [6.07, 6.45) is 3.80. The van der Waals surface area contributed by atoms with E-state index >= 15 is 0 Å². The third-order valence-corrected chi connectivity index (χ3v) is 8.20. The summed E-state index contributed by atoms with van der Waals surface area (Å²) in [5.41, 5.74) is 7.51. The van der Waals surface area contributed by atoms with Gasteiger partial charge in [-0.2, -0.15) is 0 Å². The lowest BCUT2D eigenvalue weighted by atomic mass is 10.1. The molecule has 9 rings (SSSR count). The van der Waals surface area contributed by atoms with Gasteiger partial charge >= 0.3 is 0 Å². The molecule has 0 fully saturated rings. The second kappa shape index (κ2) is 8.16.